The predicted molar refractivity (Wildman–Crippen MR) is 40.6 cm³/mol. The smallest absolute Gasteiger partial charge is 0.0399 e. The zero-order chi connectivity index (χ0) is 7.40. The van der Waals surface area contributed by atoms with Crippen molar-refractivity contribution < 1.29 is 0 Å². The maximum absolute atomic E-state index is 8.19. The molecular formula is C7H13N3. The molecule has 1 saturated carbocycles. The van der Waals surface area contributed by atoms with Gasteiger partial charge in [-0.2, -0.15) is 0 Å². The quantitative estimate of drug-likeness (QED) is 0.304. The van der Waals surface area contributed by atoms with E-state index >= 15 is 0 Å². The Morgan fingerprint density at radius 1 is 1.40 bits per heavy atom. The van der Waals surface area contributed by atoms with E-state index in [1.165, 1.54) is 19.3 Å². The van der Waals surface area contributed by atoms with Gasteiger partial charge >= 0.3 is 0 Å². The molecule has 0 saturated heterocycles. The second kappa shape index (κ2) is 3.47. The van der Waals surface area contributed by atoms with Crippen molar-refractivity contribution in [3.05, 3.63) is 10.4 Å². The van der Waals surface area contributed by atoms with Crippen LogP contribution < -0.4 is 0 Å². The van der Waals surface area contributed by atoms with Crippen molar-refractivity contribution in [1.82, 2.24) is 0 Å². The number of azide groups is 1. The Balaban J connectivity index is 2.47. The average Bonchev–Trinajstić information content (AvgIpc) is 1.94. The Bertz CT molecular complexity index is 149. The van der Waals surface area contributed by atoms with E-state index in [0.717, 1.165) is 6.42 Å². The first-order chi connectivity index (χ1) is 4.84. The van der Waals surface area contributed by atoms with Gasteiger partial charge in [0.15, 0.2) is 0 Å². The van der Waals surface area contributed by atoms with E-state index < -0.39 is 0 Å². The number of nitrogens with zero attached hydrogens (tertiary/aromatic N) is 3. The van der Waals surface area contributed by atoms with Gasteiger partial charge in [0.2, 0.25) is 0 Å². The highest BCUT2D eigenvalue weighted by atomic mass is 15.1. The Morgan fingerprint density at radius 2 is 2.10 bits per heavy atom. The summed E-state index contributed by atoms with van der Waals surface area (Å²) in [5, 5.41) is 3.75. The van der Waals surface area contributed by atoms with Gasteiger partial charge in [-0.05, 0) is 17.9 Å². The van der Waals surface area contributed by atoms with Gasteiger partial charge in [-0.3, -0.25) is 0 Å². The van der Waals surface area contributed by atoms with Crippen LogP contribution in [0.25, 0.3) is 10.4 Å². The average molecular weight is 139 g/mol. The first kappa shape index (κ1) is 7.42. The summed E-state index contributed by atoms with van der Waals surface area (Å²) in [6, 6.07) is 0.277. The minimum atomic E-state index is 0.277. The van der Waals surface area contributed by atoms with Crippen molar-refractivity contribution in [2.24, 2.45) is 11.0 Å². The molecule has 56 valence electrons. The Labute approximate surface area is 61.1 Å². The van der Waals surface area contributed by atoms with Crippen LogP contribution in [0, 0.1) is 5.92 Å². The standard InChI is InChI=1S/C7H13N3/c1-6-4-2-3-5-7(6)9-10-8/h6-7H,2-5H2,1H3/t6-,7-/m0/s1. The van der Waals surface area contributed by atoms with E-state index in [9.17, 15) is 0 Å². The second-order valence-electron chi connectivity index (χ2n) is 3.03. The summed E-state index contributed by atoms with van der Waals surface area (Å²) < 4.78 is 0. The number of hydrogen-bond donors (Lipinski definition) is 0. The summed E-state index contributed by atoms with van der Waals surface area (Å²) in [6.45, 7) is 2.17. The van der Waals surface area contributed by atoms with E-state index in [-0.39, 0.29) is 6.04 Å². The van der Waals surface area contributed by atoms with E-state index in [1.807, 2.05) is 0 Å². The minimum Gasteiger partial charge on any atom is -0.0903 e. The van der Waals surface area contributed by atoms with Gasteiger partial charge in [0.25, 0.3) is 0 Å². The zero-order valence-electron chi connectivity index (χ0n) is 6.32. The van der Waals surface area contributed by atoms with Gasteiger partial charge in [0.05, 0.1) is 0 Å². The third-order valence-corrected chi connectivity index (χ3v) is 2.27. The number of hydrogen-bond acceptors (Lipinski definition) is 1. The van der Waals surface area contributed by atoms with Crippen molar-refractivity contribution >= 4 is 0 Å². The molecule has 0 amide bonds. The Hall–Kier alpha value is -0.690. The van der Waals surface area contributed by atoms with E-state index in [2.05, 4.69) is 16.9 Å². The summed E-state index contributed by atoms with van der Waals surface area (Å²) in [7, 11) is 0. The lowest BCUT2D eigenvalue weighted by Gasteiger charge is -2.23. The first-order valence-corrected chi connectivity index (χ1v) is 3.89. The monoisotopic (exact) mass is 139 g/mol. The van der Waals surface area contributed by atoms with Gasteiger partial charge in [-0.15, -0.1) is 0 Å². The summed E-state index contributed by atoms with van der Waals surface area (Å²) in [6.07, 6.45) is 4.85. The maximum Gasteiger partial charge on any atom is 0.0399 e. The highest BCUT2D eigenvalue weighted by Gasteiger charge is 2.19. The van der Waals surface area contributed by atoms with Gasteiger partial charge in [-0.1, -0.05) is 31.3 Å². The minimum absolute atomic E-state index is 0.277. The molecule has 0 aromatic heterocycles. The molecule has 3 heteroatoms. The van der Waals surface area contributed by atoms with Crippen molar-refractivity contribution in [3.8, 4) is 0 Å². The third kappa shape index (κ3) is 1.64. The molecule has 0 aromatic carbocycles. The van der Waals surface area contributed by atoms with Gasteiger partial charge in [0, 0.05) is 11.0 Å². The molecule has 1 rings (SSSR count). The molecule has 0 N–H and O–H groups in total. The van der Waals surface area contributed by atoms with Gasteiger partial charge in [0.1, 0.15) is 0 Å². The molecular weight excluding hydrogens is 126 g/mol. The van der Waals surface area contributed by atoms with E-state index in [0.29, 0.717) is 5.92 Å². The lowest BCUT2D eigenvalue weighted by molar-refractivity contribution is 0.330. The first-order valence-electron chi connectivity index (χ1n) is 3.89. The molecule has 0 aliphatic heterocycles. The van der Waals surface area contributed by atoms with E-state index in [4.69, 9.17) is 5.53 Å². The van der Waals surface area contributed by atoms with Crippen LogP contribution in [0.3, 0.4) is 0 Å². The maximum atomic E-state index is 8.19. The van der Waals surface area contributed by atoms with Gasteiger partial charge < -0.3 is 0 Å². The van der Waals surface area contributed by atoms with Crippen molar-refractivity contribution in [3.63, 3.8) is 0 Å². The molecule has 0 radical (unpaired) electrons. The lowest BCUT2D eigenvalue weighted by Crippen LogP contribution is -2.19. The van der Waals surface area contributed by atoms with Crippen molar-refractivity contribution in [1.29, 1.82) is 0 Å². The van der Waals surface area contributed by atoms with Crippen molar-refractivity contribution in [2.45, 2.75) is 38.6 Å². The molecule has 1 aliphatic rings. The van der Waals surface area contributed by atoms with Crippen LogP contribution in [-0.4, -0.2) is 6.04 Å². The molecule has 0 heterocycles. The van der Waals surface area contributed by atoms with Crippen LogP contribution in [0.4, 0.5) is 0 Å². The molecule has 3 nitrogen and oxygen atoms in total. The Morgan fingerprint density at radius 3 is 2.70 bits per heavy atom. The summed E-state index contributed by atoms with van der Waals surface area (Å²) in [5.41, 5.74) is 8.19. The van der Waals surface area contributed by atoms with Crippen LogP contribution in [0.1, 0.15) is 32.6 Å². The van der Waals surface area contributed by atoms with Crippen LogP contribution in [0.2, 0.25) is 0 Å². The summed E-state index contributed by atoms with van der Waals surface area (Å²) in [4.78, 5) is 2.83. The highest BCUT2D eigenvalue weighted by Crippen LogP contribution is 2.26. The normalized spacial score (nSPS) is 32.9. The third-order valence-electron chi connectivity index (χ3n) is 2.27. The zero-order valence-corrected chi connectivity index (χ0v) is 6.32. The molecule has 0 spiro atoms. The lowest BCUT2D eigenvalue weighted by atomic mass is 9.87. The molecule has 2 atom stereocenters. The summed E-state index contributed by atoms with van der Waals surface area (Å²) in [5.74, 6) is 0.602. The summed E-state index contributed by atoms with van der Waals surface area (Å²) >= 11 is 0. The number of rotatable bonds is 1. The molecule has 0 aromatic rings. The van der Waals surface area contributed by atoms with Crippen LogP contribution >= 0.6 is 0 Å². The fourth-order valence-electron chi connectivity index (χ4n) is 1.53. The van der Waals surface area contributed by atoms with Crippen LogP contribution in [0.5, 0.6) is 0 Å². The molecule has 0 unspecified atom stereocenters. The molecule has 1 aliphatic carbocycles. The highest BCUT2D eigenvalue weighted by molar-refractivity contribution is 4.77. The van der Waals surface area contributed by atoms with Crippen molar-refractivity contribution in [2.75, 3.05) is 0 Å². The Kier molecular flexibility index (Phi) is 2.57. The van der Waals surface area contributed by atoms with Gasteiger partial charge in [-0.25, -0.2) is 0 Å². The largest absolute Gasteiger partial charge is 0.0903 e. The van der Waals surface area contributed by atoms with Crippen LogP contribution in [-0.2, 0) is 0 Å². The topological polar surface area (TPSA) is 48.8 Å². The molecule has 1 fully saturated rings. The fraction of sp³-hybridized carbons (Fsp3) is 1.00. The fourth-order valence-corrected chi connectivity index (χ4v) is 1.53. The van der Waals surface area contributed by atoms with E-state index in [1.54, 1.807) is 0 Å². The predicted octanol–water partition coefficient (Wildman–Crippen LogP) is 2.88. The molecule has 0 bridgehead atoms. The SMILES string of the molecule is C[C@H]1CCCC[C@@H]1N=[N+]=[N-]. The molecule has 10 heavy (non-hydrogen) atoms. The second-order valence-corrected chi connectivity index (χ2v) is 3.03. The van der Waals surface area contributed by atoms with Crippen LogP contribution in [0.15, 0.2) is 5.11 Å².